The molecule has 0 bridgehead atoms. The van der Waals surface area contributed by atoms with E-state index in [2.05, 4.69) is 4.98 Å². The van der Waals surface area contributed by atoms with Crippen molar-refractivity contribution in [1.82, 2.24) is 4.98 Å². The molecule has 0 amide bonds. The van der Waals surface area contributed by atoms with Crippen LogP contribution in [0, 0.1) is 0 Å². The van der Waals surface area contributed by atoms with Gasteiger partial charge in [-0.25, -0.2) is 0 Å². The minimum Gasteiger partial charge on any atom is -0.289 e. The molecule has 1 aromatic heterocycles. The number of nitrogens with zero attached hydrogens (tertiary/aromatic N) is 1. The van der Waals surface area contributed by atoms with Crippen molar-refractivity contribution in [2.24, 2.45) is 0 Å². The average Bonchev–Trinajstić information content (AvgIpc) is 2.68. The van der Waals surface area contributed by atoms with Crippen LogP contribution in [-0.4, -0.2) is 10.8 Å². The van der Waals surface area contributed by atoms with E-state index in [4.69, 9.17) is 11.6 Å². The Labute approximate surface area is 110 Å². The lowest BCUT2D eigenvalue weighted by molar-refractivity contribution is 0.104. The van der Waals surface area contributed by atoms with Crippen LogP contribution in [0.15, 0.2) is 48.3 Å². The quantitative estimate of drug-likeness (QED) is 0.730. The molecule has 18 heavy (non-hydrogen) atoms. The van der Waals surface area contributed by atoms with Crippen molar-refractivity contribution >= 4 is 23.5 Å². The molecule has 0 aliphatic heterocycles. The van der Waals surface area contributed by atoms with Gasteiger partial charge in [0.15, 0.2) is 5.78 Å². The lowest BCUT2D eigenvalue weighted by Gasteiger charge is -1.95. The lowest BCUT2D eigenvalue weighted by Crippen LogP contribution is -1.95. The second-order valence-corrected chi connectivity index (χ2v) is 4.70. The Bertz CT molecular complexity index is 647. The number of pyridine rings is 1. The van der Waals surface area contributed by atoms with Crippen LogP contribution < -0.4 is 0 Å². The van der Waals surface area contributed by atoms with Crippen LogP contribution in [0.2, 0.25) is 5.02 Å². The summed E-state index contributed by atoms with van der Waals surface area (Å²) in [5, 5.41) is 0.602. The van der Waals surface area contributed by atoms with Crippen molar-refractivity contribution in [2.75, 3.05) is 0 Å². The van der Waals surface area contributed by atoms with Crippen LogP contribution in [0.4, 0.5) is 0 Å². The zero-order valence-electron chi connectivity index (χ0n) is 9.56. The van der Waals surface area contributed by atoms with E-state index in [0.29, 0.717) is 11.4 Å². The Kier molecular flexibility index (Phi) is 2.73. The molecule has 1 aliphatic rings. The highest BCUT2D eigenvalue weighted by molar-refractivity contribution is 6.31. The fourth-order valence-corrected chi connectivity index (χ4v) is 2.32. The smallest absolute Gasteiger partial charge is 0.189 e. The van der Waals surface area contributed by atoms with Gasteiger partial charge in [-0.2, -0.15) is 0 Å². The largest absolute Gasteiger partial charge is 0.289 e. The minimum absolute atomic E-state index is 0.0661. The van der Waals surface area contributed by atoms with Gasteiger partial charge in [0.05, 0.1) is 0 Å². The molecule has 1 aromatic carbocycles. The summed E-state index contributed by atoms with van der Waals surface area (Å²) in [6.07, 6.45) is 6.02. The highest BCUT2D eigenvalue weighted by atomic mass is 35.5. The minimum atomic E-state index is 0.0661. The van der Waals surface area contributed by atoms with Crippen LogP contribution >= 0.6 is 11.6 Å². The predicted octanol–water partition coefficient (Wildman–Crippen LogP) is 3.56. The Hall–Kier alpha value is -1.93. The number of aromatic nitrogens is 1. The fourth-order valence-electron chi connectivity index (χ4n) is 2.15. The second-order valence-electron chi connectivity index (χ2n) is 4.26. The number of Topliss-reactive ketones (excluding diaryl/α,β-unsaturated/α-hetero) is 1. The molecule has 3 heteroatoms. The maximum absolute atomic E-state index is 12.2. The van der Waals surface area contributed by atoms with Gasteiger partial charge in [-0.15, -0.1) is 0 Å². The van der Waals surface area contributed by atoms with Gasteiger partial charge < -0.3 is 0 Å². The maximum atomic E-state index is 12.2. The van der Waals surface area contributed by atoms with Gasteiger partial charge in [0.25, 0.3) is 0 Å². The van der Waals surface area contributed by atoms with Crippen LogP contribution in [0.5, 0.6) is 0 Å². The molecule has 2 nitrogen and oxygen atoms in total. The Morgan fingerprint density at radius 3 is 2.94 bits per heavy atom. The van der Waals surface area contributed by atoms with E-state index in [1.54, 1.807) is 18.5 Å². The van der Waals surface area contributed by atoms with E-state index < -0.39 is 0 Å². The number of allylic oxidation sites excluding steroid dienone is 1. The van der Waals surface area contributed by atoms with Gasteiger partial charge >= 0.3 is 0 Å². The monoisotopic (exact) mass is 255 g/mol. The van der Waals surface area contributed by atoms with Crippen LogP contribution in [-0.2, 0) is 6.42 Å². The maximum Gasteiger partial charge on any atom is 0.189 e. The van der Waals surface area contributed by atoms with Crippen molar-refractivity contribution in [2.45, 2.75) is 6.42 Å². The van der Waals surface area contributed by atoms with Crippen molar-refractivity contribution in [3.05, 3.63) is 70.0 Å². The van der Waals surface area contributed by atoms with Crippen molar-refractivity contribution in [3.8, 4) is 0 Å². The summed E-state index contributed by atoms with van der Waals surface area (Å²) >= 11 is 5.91. The van der Waals surface area contributed by atoms with E-state index in [1.165, 1.54) is 0 Å². The van der Waals surface area contributed by atoms with Crippen LogP contribution in [0.25, 0.3) is 6.08 Å². The molecule has 0 saturated heterocycles. The van der Waals surface area contributed by atoms with E-state index in [0.717, 1.165) is 22.3 Å². The topological polar surface area (TPSA) is 30.0 Å². The molecule has 0 N–H and O–H groups in total. The SMILES string of the molecule is O=C1/C(=C\c2cccnc2)Cc2ccc(Cl)cc21. The van der Waals surface area contributed by atoms with E-state index in [1.807, 2.05) is 30.3 Å². The second kappa shape index (κ2) is 4.39. The van der Waals surface area contributed by atoms with E-state index in [9.17, 15) is 4.79 Å². The third-order valence-electron chi connectivity index (χ3n) is 3.01. The third kappa shape index (κ3) is 1.95. The number of fused-ring (bicyclic) bond motifs is 1. The number of benzene rings is 1. The third-order valence-corrected chi connectivity index (χ3v) is 3.25. The molecule has 1 aliphatic carbocycles. The molecule has 1 heterocycles. The fraction of sp³-hybridized carbons (Fsp3) is 0.0667. The van der Waals surface area contributed by atoms with Crippen molar-refractivity contribution in [1.29, 1.82) is 0 Å². The average molecular weight is 256 g/mol. The highest BCUT2D eigenvalue weighted by Gasteiger charge is 2.24. The van der Waals surface area contributed by atoms with Crippen molar-refractivity contribution < 1.29 is 4.79 Å². The van der Waals surface area contributed by atoms with Crippen LogP contribution in [0.3, 0.4) is 0 Å². The zero-order chi connectivity index (χ0) is 12.5. The zero-order valence-corrected chi connectivity index (χ0v) is 10.3. The molecule has 2 aromatic rings. The number of halogens is 1. The standard InChI is InChI=1S/C15H10ClNO/c16-13-4-3-11-7-12(15(18)14(11)8-13)6-10-2-1-5-17-9-10/h1-6,8-9H,7H2/b12-6-. The molecule has 0 radical (unpaired) electrons. The first-order valence-electron chi connectivity index (χ1n) is 5.68. The van der Waals surface area contributed by atoms with Crippen molar-refractivity contribution in [3.63, 3.8) is 0 Å². The first kappa shape index (κ1) is 11.2. The molecule has 0 saturated carbocycles. The molecular weight excluding hydrogens is 246 g/mol. The molecule has 0 spiro atoms. The van der Waals surface area contributed by atoms with Gasteiger partial charge in [0, 0.05) is 35.0 Å². The van der Waals surface area contributed by atoms with Gasteiger partial charge in [-0.3, -0.25) is 9.78 Å². The molecule has 88 valence electrons. The number of rotatable bonds is 1. The molecular formula is C15H10ClNO. The van der Waals surface area contributed by atoms with Gasteiger partial charge in [0.2, 0.25) is 0 Å². The van der Waals surface area contributed by atoms with Gasteiger partial charge in [-0.05, 0) is 35.4 Å². The summed E-state index contributed by atoms with van der Waals surface area (Å²) in [7, 11) is 0. The van der Waals surface area contributed by atoms with Crippen LogP contribution in [0.1, 0.15) is 21.5 Å². The summed E-state index contributed by atoms with van der Waals surface area (Å²) in [5.74, 6) is 0.0661. The summed E-state index contributed by atoms with van der Waals surface area (Å²) in [4.78, 5) is 16.2. The molecule has 0 unspecified atom stereocenters. The summed E-state index contributed by atoms with van der Waals surface area (Å²) in [6.45, 7) is 0. The first-order valence-corrected chi connectivity index (χ1v) is 6.05. The Morgan fingerprint density at radius 2 is 2.17 bits per heavy atom. The Balaban J connectivity index is 2.00. The summed E-state index contributed by atoms with van der Waals surface area (Å²) in [6, 6.07) is 9.27. The predicted molar refractivity (Wildman–Crippen MR) is 71.7 cm³/mol. The van der Waals surface area contributed by atoms with Gasteiger partial charge in [-0.1, -0.05) is 23.7 Å². The van der Waals surface area contributed by atoms with E-state index >= 15 is 0 Å². The lowest BCUT2D eigenvalue weighted by atomic mass is 10.1. The number of carbonyl (C=O) groups is 1. The first-order chi connectivity index (χ1) is 8.74. The van der Waals surface area contributed by atoms with E-state index in [-0.39, 0.29) is 5.78 Å². The molecule has 3 rings (SSSR count). The number of hydrogen-bond donors (Lipinski definition) is 0. The molecule has 0 atom stereocenters. The van der Waals surface area contributed by atoms with Gasteiger partial charge in [0.1, 0.15) is 0 Å². The number of carbonyl (C=O) groups excluding carboxylic acids is 1. The molecule has 0 fully saturated rings. The summed E-state index contributed by atoms with van der Waals surface area (Å²) in [5.41, 5.74) is 3.50. The number of hydrogen-bond acceptors (Lipinski definition) is 2. The summed E-state index contributed by atoms with van der Waals surface area (Å²) < 4.78 is 0. The normalized spacial score (nSPS) is 16.1. The Morgan fingerprint density at radius 1 is 1.28 bits per heavy atom. The highest BCUT2D eigenvalue weighted by Crippen LogP contribution is 2.29. The number of ketones is 1.